The van der Waals surface area contributed by atoms with Crippen LogP contribution in [0.15, 0.2) is 0 Å². The highest BCUT2D eigenvalue weighted by atomic mass is 32.2. The first-order chi connectivity index (χ1) is 8.45. The van der Waals surface area contributed by atoms with Crippen molar-refractivity contribution in [3.63, 3.8) is 0 Å². The van der Waals surface area contributed by atoms with E-state index in [0.29, 0.717) is 18.5 Å². The molecule has 1 aliphatic carbocycles. The maximum Gasteiger partial charge on any atom is 0.211 e. The van der Waals surface area contributed by atoms with Crippen LogP contribution in [0.2, 0.25) is 0 Å². The molecule has 2 rings (SSSR count). The second kappa shape index (κ2) is 5.88. The zero-order valence-corrected chi connectivity index (χ0v) is 12.2. The predicted octanol–water partition coefficient (Wildman–Crippen LogP) is 1.57. The Morgan fingerprint density at radius 2 is 1.78 bits per heavy atom. The number of sulfonamides is 1. The van der Waals surface area contributed by atoms with Gasteiger partial charge in [-0.2, -0.15) is 0 Å². The minimum Gasteiger partial charge on any atom is -0.328 e. The fourth-order valence-electron chi connectivity index (χ4n) is 3.42. The molecule has 18 heavy (non-hydrogen) atoms. The zero-order valence-electron chi connectivity index (χ0n) is 11.3. The van der Waals surface area contributed by atoms with E-state index >= 15 is 0 Å². The molecule has 106 valence electrons. The Morgan fingerprint density at radius 1 is 1.11 bits per heavy atom. The molecule has 2 aliphatic rings. The molecule has 1 atom stereocenters. The lowest BCUT2D eigenvalue weighted by molar-refractivity contribution is 0.203. The standard InChI is InChI=1S/C13H26N2O2S/c1-18(16,17)15-8-2-3-12(10-15)9-11-4-6-13(14)7-5-11/h11-13H,2-10,14H2,1H3. The lowest BCUT2D eigenvalue weighted by Crippen LogP contribution is -2.40. The number of piperidine rings is 1. The van der Waals surface area contributed by atoms with Crippen molar-refractivity contribution in [2.75, 3.05) is 19.3 Å². The van der Waals surface area contributed by atoms with E-state index in [2.05, 4.69) is 0 Å². The summed E-state index contributed by atoms with van der Waals surface area (Å²) in [6, 6.07) is 0.403. The van der Waals surface area contributed by atoms with Gasteiger partial charge in [-0.3, -0.25) is 0 Å². The van der Waals surface area contributed by atoms with E-state index in [1.165, 1.54) is 31.9 Å². The first-order valence-electron chi connectivity index (χ1n) is 7.16. The van der Waals surface area contributed by atoms with E-state index in [-0.39, 0.29) is 0 Å². The Labute approximate surface area is 111 Å². The first-order valence-corrected chi connectivity index (χ1v) is 9.00. The van der Waals surface area contributed by atoms with Gasteiger partial charge >= 0.3 is 0 Å². The van der Waals surface area contributed by atoms with Crippen LogP contribution in [0.4, 0.5) is 0 Å². The van der Waals surface area contributed by atoms with Gasteiger partial charge in [0.25, 0.3) is 0 Å². The van der Waals surface area contributed by atoms with Crippen molar-refractivity contribution in [2.45, 2.75) is 51.0 Å². The van der Waals surface area contributed by atoms with Crippen molar-refractivity contribution >= 4 is 10.0 Å². The largest absolute Gasteiger partial charge is 0.328 e. The van der Waals surface area contributed by atoms with Crippen LogP contribution in [-0.2, 0) is 10.0 Å². The maximum atomic E-state index is 11.6. The van der Waals surface area contributed by atoms with Gasteiger partial charge < -0.3 is 5.73 Å². The summed E-state index contributed by atoms with van der Waals surface area (Å²) >= 11 is 0. The van der Waals surface area contributed by atoms with E-state index in [9.17, 15) is 8.42 Å². The number of nitrogens with two attached hydrogens (primary N) is 1. The number of hydrogen-bond acceptors (Lipinski definition) is 3. The van der Waals surface area contributed by atoms with Gasteiger partial charge in [0.05, 0.1) is 6.26 Å². The number of nitrogens with zero attached hydrogens (tertiary/aromatic N) is 1. The van der Waals surface area contributed by atoms with Crippen LogP contribution in [0.1, 0.15) is 44.9 Å². The van der Waals surface area contributed by atoms with Gasteiger partial charge in [0.15, 0.2) is 0 Å². The van der Waals surface area contributed by atoms with Crippen LogP contribution >= 0.6 is 0 Å². The summed E-state index contributed by atoms with van der Waals surface area (Å²) in [4.78, 5) is 0. The Kier molecular flexibility index (Phi) is 4.67. The molecular weight excluding hydrogens is 248 g/mol. The van der Waals surface area contributed by atoms with Gasteiger partial charge in [-0.25, -0.2) is 12.7 Å². The highest BCUT2D eigenvalue weighted by Gasteiger charge is 2.28. The second-order valence-corrected chi connectivity index (χ2v) is 8.13. The maximum absolute atomic E-state index is 11.6. The zero-order chi connectivity index (χ0) is 13.2. The SMILES string of the molecule is CS(=O)(=O)N1CCCC(CC2CCC(N)CC2)C1. The van der Waals surface area contributed by atoms with E-state index in [4.69, 9.17) is 5.73 Å². The lowest BCUT2D eigenvalue weighted by Gasteiger charge is -2.34. The molecular formula is C13H26N2O2S. The normalized spacial score (nSPS) is 35.6. The minimum absolute atomic E-state index is 0.403. The van der Waals surface area contributed by atoms with Crippen LogP contribution < -0.4 is 5.73 Å². The summed E-state index contributed by atoms with van der Waals surface area (Å²) in [5, 5.41) is 0. The summed E-state index contributed by atoms with van der Waals surface area (Å²) in [5.41, 5.74) is 5.92. The minimum atomic E-state index is -3.00. The van der Waals surface area contributed by atoms with E-state index in [0.717, 1.165) is 31.7 Å². The van der Waals surface area contributed by atoms with Crippen LogP contribution in [0.25, 0.3) is 0 Å². The van der Waals surface area contributed by atoms with E-state index < -0.39 is 10.0 Å². The van der Waals surface area contributed by atoms with Crippen LogP contribution in [0.5, 0.6) is 0 Å². The number of hydrogen-bond donors (Lipinski definition) is 1. The molecule has 2 N–H and O–H groups in total. The molecule has 1 heterocycles. The van der Waals surface area contributed by atoms with Gasteiger partial charge in [0.2, 0.25) is 10.0 Å². The average Bonchev–Trinajstić information content (AvgIpc) is 2.31. The summed E-state index contributed by atoms with van der Waals surface area (Å²) in [6.07, 6.45) is 9.49. The van der Waals surface area contributed by atoms with Crippen LogP contribution in [0, 0.1) is 11.8 Å². The fraction of sp³-hybridized carbons (Fsp3) is 1.00. The quantitative estimate of drug-likeness (QED) is 0.849. The molecule has 0 aromatic carbocycles. The Bertz CT molecular complexity index is 361. The highest BCUT2D eigenvalue weighted by Crippen LogP contribution is 2.32. The molecule has 0 spiro atoms. The molecule has 0 radical (unpaired) electrons. The summed E-state index contributed by atoms with van der Waals surface area (Å²) in [6.45, 7) is 1.45. The molecule has 1 aliphatic heterocycles. The van der Waals surface area contributed by atoms with Crippen molar-refractivity contribution in [3.8, 4) is 0 Å². The first kappa shape index (κ1) is 14.3. The Balaban J connectivity index is 1.83. The molecule has 1 unspecified atom stereocenters. The monoisotopic (exact) mass is 274 g/mol. The van der Waals surface area contributed by atoms with Crippen LogP contribution in [-0.4, -0.2) is 38.1 Å². The third-order valence-electron chi connectivity index (χ3n) is 4.51. The van der Waals surface area contributed by atoms with Crippen molar-refractivity contribution in [1.29, 1.82) is 0 Å². The van der Waals surface area contributed by atoms with E-state index in [1.807, 2.05) is 0 Å². The predicted molar refractivity (Wildman–Crippen MR) is 73.7 cm³/mol. The molecule has 5 heteroatoms. The third-order valence-corrected chi connectivity index (χ3v) is 5.78. The molecule has 4 nitrogen and oxygen atoms in total. The van der Waals surface area contributed by atoms with Gasteiger partial charge in [-0.15, -0.1) is 0 Å². The van der Waals surface area contributed by atoms with Crippen molar-refractivity contribution < 1.29 is 8.42 Å². The number of rotatable bonds is 3. The summed E-state index contributed by atoms with van der Waals surface area (Å²) < 4.78 is 24.8. The van der Waals surface area contributed by atoms with Crippen molar-refractivity contribution in [3.05, 3.63) is 0 Å². The second-order valence-electron chi connectivity index (χ2n) is 6.15. The van der Waals surface area contributed by atoms with Crippen molar-refractivity contribution in [1.82, 2.24) is 4.31 Å². The Hall–Kier alpha value is -0.130. The topological polar surface area (TPSA) is 63.4 Å². The summed E-state index contributed by atoms with van der Waals surface area (Å²) in [7, 11) is -3.00. The molecule has 0 bridgehead atoms. The smallest absolute Gasteiger partial charge is 0.211 e. The van der Waals surface area contributed by atoms with Gasteiger partial charge in [0, 0.05) is 19.1 Å². The van der Waals surface area contributed by atoms with Gasteiger partial charge in [-0.05, 0) is 56.8 Å². The summed E-state index contributed by atoms with van der Waals surface area (Å²) in [5.74, 6) is 1.34. The molecule has 1 saturated heterocycles. The molecule has 2 fully saturated rings. The molecule has 1 saturated carbocycles. The molecule has 0 aromatic heterocycles. The van der Waals surface area contributed by atoms with Crippen molar-refractivity contribution in [2.24, 2.45) is 17.6 Å². The lowest BCUT2D eigenvalue weighted by atomic mass is 9.79. The average molecular weight is 274 g/mol. The molecule has 0 aromatic rings. The molecule has 0 amide bonds. The fourth-order valence-corrected chi connectivity index (χ4v) is 4.36. The third kappa shape index (κ3) is 3.93. The van der Waals surface area contributed by atoms with Crippen LogP contribution in [0.3, 0.4) is 0 Å². The van der Waals surface area contributed by atoms with Gasteiger partial charge in [-0.1, -0.05) is 0 Å². The Morgan fingerprint density at radius 3 is 2.39 bits per heavy atom. The highest BCUT2D eigenvalue weighted by molar-refractivity contribution is 7.88. The van der Waals surface area contributed by atoms with Gasteiger partial charge in [0.1, 0.15) is 0 Å². The van der Waals surface area contributed by atoms with E-state index in [1.54, 1.807) is 4.31 Å².